The molecule has 0 radical (unpaired) electrons. The molecule has 0 spiro atoms. The van der Waals surface area contributed by atoms with Crippen LogP contribution in [0.2, 0.25) is 5.02 Å². The van der Waals surface area contributed by atoms with Crippen molar-refractivity contribution in [2.24, 2.45) is 0 Å². The van der Waals surface area contributed by atoms with Gasteiger partial charge < -0.3 is 0 Å². The van der Waals surface area contributed by atoms with Crippen LogP contribution in [-0.4, -0.2) is 11.5 Å². The molecule has 0 aromatic heterocycles. The summed E-state index contributed by atoms with van der Waals surface area (Å²) in [7, 11) is 0. The van der Waals surface area contributed by atoms with Crippen LogP contribution in [0.1, 0.15) is 21.5 Å². The van der Waals surface area contributed by atoms with E-state index in [2.05, 4.69) is 32.0 Å². The van der Waals surface area contributed by atoms with Gasteiger partial charge in [0.2, 0.25) is 0 Å². The van der Waals surface area contributed by atoms with E-state index in [0.29, 0.717) is 16.3 Å². The number of thioether (sulfide) groups is 1. The van der Waals surface area contributed by atoms with Crippen LogP contribution >= 0.6 is 23.4 Å². The molecule has 0 heterocycles. The summed E-state index contributed by atoms with van der Waals surface area (Å²) in [4.78, 5) is 13.3. The van der Waals surface area contributed by atoms with Gasteiger partial charge in [0.05, 0.1) is 10.8 Å². The maximum Gasteiger partial charge on any atom is 0.174 e. The van der Waals surface area contributed by atoms with E-state index in [1.54, 1.807) is 23.9 Å². The molecule has 0 atom stereocenters. The standard InChI is InChI=1S/C16H15ClOS/c1-11-7-8-16(12(2)9-11)19-10-15(18)13-5-3-4-6-14(13)17/h3-9H,10H2,1-2H3. The highest BCUT2D eigenvalue weighted by Crippen LogP contribution is 2.25. The number of ketones is 1. The maximum atomic E-state index is 12.1. The summed E-state index contributed by atoms with van der Waals surface area (Å²) in [5.41, 5.74) is 3.04. The van der Waals surface area contributed by atoms with Gasteiger partial charge in [-0.1, -0.05) is 41.4 Å². The molecule has 0 amide bonds. The first-order valence-electron chi connectivity index (χ1n) is 6.05. The first-order chi connectivity index (χ1) is 9.08. The molecule has 1 nitrogen and oxygen atoms in total. The Balaban J connectivity index is 2.07. The van der Waals surface area contributed by atoms with Crippen molar-refractivity contribution in [3.63, 3.8) is 0 Å². The van der Waals surface area contributed by atoms with Gasteiger partial charge in [0.25, 0.3) is 0 Å². The van der Waals surface area contributed by atoms with Gasteiger partial charge in [0.15, 0.2) is 5.78 Å². The molecular weight excluding hydrogens is 276 g/mol. The summed E-state index contributed by atoms with van der Waals surface area (Å²) in [6.07, 6.45) is 0. The minimum Gasteiger partial charge on any atom is -0.293 e. The van der Waals surface area contributed by atoms with E-state index in [-0.39, 0.29) is 5.78 Å². The Morgan fingerprint density at radius 2 is 1.89 bits per heavy atom. The molecule has 19 heavy (non-hydrogen) atoms. The molecule has 2 aromatic rings. The van der Waals surface area contributed by atoms with Crippen molar-refractivity contribution in [1.29, 1.82) is 0 Å². The van der Waals surface area contributed by atoms with Crippen LogP contribution in [0.4, 0.5) is 0 Å². The Labute approximate surface area is 123 Å². The summed E-state index contributed by atoms with van der Waals surface area (Å²) in [6, 6.07) is 13.4. The fourth-order valence-electron chi connectivity index (χ4n) is 1.87. The third kappa shape index (κ3) is 3.62. The highest BCUT2D eigenvalue weighted by Gasteiger charge is 2.10. The molecule has 0 bridgehead atoms. The van der Waals surface area contributed by atoms with Gasteiger partial charge in [0, 0.05) is 10.5 Å². The van der Waals surface area contributed by atoms with Crippen molar-refractivity contribution in [2.45, 2.75) is 18.7 Å². The van der Waals surface area contributed by atoms with Crippen molar-refractivity contribution in [2.75, 3.05) is 5.75 Å². The van der Waals surface area contributed by atoms with Crippen LogP contribution < -0.4 is 0 Å². The SMILES string of the molecule is Cc1ccc(SCC(=O)c2ccccc2Cl)c(C)c1. The smallest absolute Gasteiger partial charge is 0.174 e. The van der Waals surface area contributed by atoms with Crippen LogP contribution in [0.5, 0.6) is 0 Å². The summed E-state index contributed by atoms with van der Waals surface area (Å²) < 4.78 is 0. The summed E-state index contributed by atoms with van der Waals surface area (Å²) in [5, 5.41) is 0.522. The van der Waals surface area contributed by atoms with Crippen molar-refractivity contribution in [1.82, 2.24) is 0 Å². The normalized spacial score (nSPS) is 10.5. The molecule has 0 saturated heterocycles. The zero-order valence-corrected chi connectivity index (χ0v) is 12.5. The number of benzene rings is 2. The molecule has 2 aromatic carbocycles. The van der Waals surface area contributed by atoms with E-state index >= 15 is 0 Å². The second-order valence-electron chi connectivity index (χ2n) is 4.46. The Morgan fingerprint density at radius 1 is 1.16 bits per heavy atom. The maximum absolute atomic E-state index is 12.1. The zero-order chi connectivity index (χ0) is 13.8. The molecular formula is C16H15ClOS. The van der Waals surface area contributed by atoms with E-state index in [1.807, 2.05) is 12.1 Å². The largest absolute Gasteiger partial charge is 0.293 e. The third-order valence-corrected chi connectivity index (χ3v) is 4.37. The first kappa shape index (κ1) is 14.2. The molecule has 98 valence electrons. The van der Waals surface area contributed by atoms with Gasteiger partial charge in [0.1, 0.15) is 0 Å². The lowest BCUT2D eigenvalue weighted by molar-refractivity contribution is 0.102. The number of Topliss-reactive ketones (excluding diaryl/α,β-unsaturated/α-hetero) is 1. The van der Waals surface area contributed by atoms with E-state index in [1.165, 1.54) is 11.1 Å². The predicted molar refractivity (Wildman–Crippen MR) is 82.4 cm³/mol. The Hall–Kier alpha value is -1.25. The van der Waals surface area contributed by atoms with Gasteiger partial charge in [-0.15, -0.1) is 11.8 Å². The number of hydrogen-bond acceptors (Lipinski definition) is 2. The number of hydrogen-bond donors (Lipinski definition) is 0. The first-order valence-corrected chi connectivity index (χ1v) is 7.42. The Bertz CT molecular complexity index is 607. The lowest BCUT2D eigenvalue weighted by Crippen LogP contribution is -2.03. The molecule has 0 aliphatic heterocycles. The molecule has 0 N–H and O–H groups in total. The minimum absolute atomic E-state index is 0.0653. The molecule has 0 unspecified atom stereocenters. The van der Waals surface area contributed by atoms with Crippen molar-refractivity contribution < 1.29 is 4.79 Å². The zero-order valence-electron chi connectivity index (χ0n) is 10.9. The number of aryl methyl sites for hydroxylation is 2. The van der Waals surface area contributed by atoms with Crippen LogP contribution in [-0.2, 0) is 0 Å². The third-order valence-electron chi connectivity index (χ3n) is 2.86. The van der Waals surface area contributed by atoms with Gasteiger partial charge in [-0.05, 0) is 37.6 Å². The van der Waals surface area contributed by atoms with Crippen LogP contribution in [0.25, 0.3) is 0 Å². The highest BCUT2D eigenvalue weighted by molar-refractivity contribution is 8.00. The van der Waals surface area contributed by atoms with E-state index in [9.17, 15) is 4.79 Å². The lowest BCUT2D eigenvalue weighted by Gasteiger charge is -2.07. The summed E-state index contributed by atoms with van der Waals surface area (Å²) in [5.74, 6) is 0.476. The fraction of sp³-hybridized carbons (Fsp3) is 0.188. The van der Waals surface area contributed by atoms with E-state index < -0.39 is 0 Å². The van der Waals surface area contributed by atoms with Gasteiger partial charge in [-0.3, -0.25) is 4.79 Å². The van der Waals surface area contributed by atoms with Crippen LogP contribution in [0, 0.1) is 13.8 Å². The van der Waals surface area contributed by atoms with E-state index in [4.69, 9.17) is 11.6 Å². The number of carbonyl (C=O) groups excluding carboxylic acids is 1. The average molecular weight is 291 g/mol. The van der Waals surface area contributed by atoms with Crippen molar-refractivity contribution in [3.05, 3.63) is 64.2 Å². The summed E-state index contributed by atoms with van der Waals surface area (Å²) in [6.45, 7) is 4.13. The topological polar surface area (TPSA) is 17.1 Å². The molecule has 3 heteroatoms. The minimum atomic E-state index is 0.0653. The monoisotopic (exact) mass is 290 g/mol. The number of rotatable bonds is 4. The predicted octanol–water partition coefficient (Wildman–Crippen LogP) is 4.93. The number of halogens is 1. The van der Waals surface area contributed by atoms with Gasteiger partial charge in [-0.25, -0.2) is 0 Å². The molecule has 2 rings (SSSR count). The fourth-order valence-corrected chi connectivity index (χ4v) is 3.00. The molecule has 0 aliphatic rings. The van der Waals surface area contributed by atoms with Crippen LogP contribution in [0.15, 0.2) is 47.4 Å². The van der Waals surface area contributed by atoms with Gasteiger partial charge >= 0.3 is 0 Å². The van der Waals surface area contributed by atoms with E-state index in [0.717, 1.165) is 4.90 Å². The molecule has 0 fully saturated rings. The van der Waals surface area contributed by atoms with Crippen LogP contribution in [0.3, 0.4) is 0 Å². The van der Waals surface area contributed by atoms with Crippen molar-refractivity contribution in [3.8, 4) is 0 Å². The van der Waals surface area contributed by atoms with Gasteiger partial charge in [-0.2, -0.15) is 0 Å². The molecule has 0 aliphatic carbocycles. The Morgan fingerprint density at radius 3 is 2.58 bits per heavy atom. The number of carbonyl (C=O) groups is 1. The second kappa shape index (κ2) is 6.27. The summed E-state index contributed by atoms with van der Waals surface area (Å²) >= 11 is 7.58. The molecule has 0 saturated carbocycles. The highest BCUT2D eigenvalue weighted by atomic mass is 35.5. The quantitative estimate of drug-likeness (QED) is 0.586. The lowest BCUT2D eigenvalue weighted by atomic mass is 10.1. The Kier molecular flexibility index (Phi) is 4.67. The van der Waals surface area contributed by atoms with Crippen molar-refractivity contribution >= 4 is 29.1 Å². The second-order valence-corrected chi connectivity index (χ2v) is 5.89. The average Bonchev–Trinajstić information content (AvgIpc) is 2.38.